The fourth-order valence-corrected chi connectivity index (χ4v) is 2.29. The summed E-state index contributed by atoms with van der Waals surface area (Å²) in [6, 6.07) is 3.77. The molecule has 0 unspecified atom stereocenters. The van der Waals surface area contributed by atoms with Crippen molar-refractivity contribution >= 4 is 17.6 Å². The molecule has 0 spiro atoms. The van der Waals surface area contributed by atoms with Gasteiger partial charge in [0.2, 0.25) is 0 Å². The van der Waals surface area contributed by atoms with Crippen LogP contribution in [0.1, 0.15) is 43.5 Å². The van der Waals surface area contributed by atoms with E-state index >= 15 is 0 Å². The number of amides is 1. The maximum Gasteiger partial charge on any atom is 0.310 e. The van der Waals surface area contributed by atoms with Gasteiger partial charge < -0.3 is 15.2 Å². The van der Waals surface area contributed by atoms with E-state index in [1.807, 2.05) is 0 Å². The van der Waals surface area contributed by atoms with Crippen LogP contribution in [0.15, 0.2) is 18.2 Å². The van der Waals surface area contributed by atoms with Gasteiger partial charge in [-0.1, -0.05) is 13.8 Å². The Bertz CT molecular complexity index is 610. The van der Waals surface area contributed by atoms with Gasteiger partial charge in [-0.15, -0.1) is 0 Å². The summed E-state index contributed by atoms with van der Waals surface area (Å²) in [6.45, 7) is 3.59. The molecule has 8 nitrogen and oxygen atoms in total. The van der Waals surface area contributed by atoms with Gasteiger partial charge >= 0.3 is 11.7 Å². The molecule has 1 rings (SSSR count). The summed E-state index contributed by atoms with van der Waals surface area (Å²) >= 11 is 0. The standard InChI is InChI=1S/C15H20N2O6/c1-4-15(5-2,9-13(18)19)16-14(20)10-6-7-11(17(21)22)12(8-10)23-3/h6-8H,4-5,9H2,1-3H3,(H,16,20)(H,18,19). The highest BCUT2D eigenvalue weighted by molar-refractivity contribution is 5.95. The van der Waals surface area contributed by atoms with E-state index < -0.39 is 22.3 Å². The Kier molecular flexibility index (Phi) is 6.06. The number of methoxy groups -OCH3 is 1. The number of nitro benzene ring substituents is 1. The van der Waals surface area contributed by atoms with Crippen molar-refractivity contribution in [2.45, 2.75) is 38.6 Å². The average molecular weight is 324 g/mol. The molecular weight excluding hydrogens is 304 g/mol. The predicted octanol–water partition coefficient (Wildman–Crippen LogP) is 2.37. The van der Waals surface area contributed by atoms with E-state index in [1.165, 1.54) is 25.3 Å². The van der Waals surface area contributed by atoms with Crippen molar-refractivity contribution in [3.8, 4) is 5.75 Å². The second-order valence-corrected chi connectivity index (χ2v) is 5.16. The summed E-state index contributed by atoms with van der Waals surface area (Å²) in [5, 5.41) is 22.6. The lowest BCUT2D eigenvalue weighted by molar-refractivity contribution is -0.385. The van der Waals surface area contributed by atoms with Crippen LogP contribution in [0.3, 0.4) is 0 Å². The quantitative estimate of drug-likeness (QED) is 0.559. The van der Waals surface area contributed by atoms with E-state index in [1.54, 1.807) is 13.8 Å². The highest BCUT2D eigenvalue weighted by Crippen LogP contribution is 2.28. The van der Waals surface area contributed by atoms with Crippen molar-refractivity contribution < 1.29 is 24.4 Å². The molecule has 0 saturated heterocycles. The maximum absolute atomic E-state index is 12.4. The third kappa shape index (κ3) is 4.41. The van der Waals surface area contributed by atoms with Crippen molar-refractivity contribution in [2.24, 2.45) is 0 Å². The molecule has 0 fully saturated rings. The number of benzene rings is 1. The number of rotatable bonds is 8. The highest BCUT2D eigenvalue weighted by atomic mass is 16.6. The number of carboxylic acids is 1. The van der Waals surface area contributed by atoms with Crippen LogP contribution < -0.4 is 10.1 Å². The molecule has 0 aromatic heterocycles. The molecule has 0 bridgehead atoms. The SMILES string of the molecule is CCC(CC)(CC(=O)O)NC(=O)c1ccc([N+](=O)[O-])c(OC)c1. The lowest BCUT2D eigenvalue weighted by Crippen LogP contribution is -2.49. The molecule has 8 heteroatoms. The number of carbonyl (C=O) groups excluding carboxylic acids is 1. The highest BCUT2D eigenvalue weighted by Gasteiger charge is 2.31. The number of carbonyl (C=O) groups is 2. The molecule has 0 heterocycles. The Balaban J connectivity index is 3.09. The van der Waals surface area contributed by atoms with Crippen molar-refractivity contribution in [3.05, 3.63) is 33.9 Å². The minimum atomic E-state index is -1.00. The summed E-state index contributed by atoms with van der Waals surface area (Å²) in [7, 11) is 1.27. The molecule has 0 aliphatic carbocycles. The van der Waals surface area contributed by atoms with Gasteiger partial charge in [-0.25, -0.2) is 0 Å². The van der Waals surface area contributed by atoms with Crippen molar-refractivity contribution in [2.75, 3.05) is 7.11 Å². The number of ether oxygens (including phenoxy) is 1. The van der Waals surface area contributed by atoms with Gasteiger partial charge in [-0.2, -0.15) is 0 Å². The van der Waals surface area contributed by atoms with Crippen LogP contribution in [0.2, 0.25) is 0 Å². The zero-order valence-electron chi connectivity index (χ0n) is 13.3. The van der Waals surface area contributed by atoms with Gasteiger partial charge in [0.15, 0.2) is 5.75 Å². The van der Waals surface area contributed by atoms with E-state index in [0.29, 0.717) is 12.8 Å². The molecule has 23 heavy (non-hydrogen) atoms. The molecule has 1 aromatic rings. The van der Waals surface area contributed by atoms with Gasteiger partial charge in [0.05, 0.1) is 24.0 Å². The zero-order valence-corrected chi connectivity index (χ0v) is 13.3. The second-order valence-electron chi connectivity index (χ2n) is 5.16. The lowest BCUT2D eigenvalue weighted by atomic mass is 9.88. The van der Waals surface area contributed by atoms with Crippen LogP contribution in [0.5, 0.6) is 5.75 Å². The lowest BCUT2D eigenvalue weighted by Gasteiger charge is -2.31. The Morgan fingerprint density at radius 1 is 1.35 bits per heavy atom. The number of aliphatic carboxylic acids is 1. The predicted molar refractivity (Wildman–Crippen MR) is 82.7 cm³/mol. The molecule has 0 atom stereocenters. The number of hydrogen-bond acceptors (Lipinski definition) is 5. The first-order valence-corrected chi connectivity index (χ1v) is 7.15. The van der Waals surface area contributed by atoms with Crippen LogP contribution in [-0.2, 0) is 4.79 Å². The van der Waals surface area contributed by atoms with Crippen LogP contribution in [0.4, 0.5) is 5.69 Å². The number of nitro groups is 1. The smallest absolute Gasteiger partial charge is 0.310 e. The molecule has 0 aliphatic rings. The van der Waals surface area contributed by atoms with Crippen LogP contribution in [-0.4, -0.2) is 34.6 Å². The average Bonchev–Trinajstić information content (AvgIpc) is 2.52. The molecule has 0 saturated carbocycles. The summed E-state index contributed by atoms with van der Waals surface area (Å²) in [5.41, 5.74) is -0.936. The Labute approximate surface area is 133 Å². The summed E-state index contributed by atoms with van der Waals surface area (Å²) in [4.78, 5) is 33.7. The van der Waals surface area contributed by atoms with Crippen LogP contribution in [0.25, 0.3) is 0 Å². The molecule has 126 valence electrons. The number of carboxylic acid groups (broad SMARTS) is 1. The first-order valence-electron chi connectivity index (χ1n) is 7.15. The summed E-state index contributed by atoms with van der Waals surface area (Å²) < 4.78 is 4.93. The number of nitrogens with one attached hydrogen (secondary N) is 1. The third-order valence-electron chi connectivity index (χ3n) is 3.86. The van der Waals surface area contributed by atoms with Gasteiger partial charge in [0, 0.05) is 17.7 Å². The Morgan fingerprint density at radius 3 is 2.39 bits per heavy atom. The number of nitrogens with zero attached hydrogens (tertiary/aromatic N) is 1. The monoisotopic (exact) mass is 324 g/mol. The van der Waals surface area contributed by atoms with Gasteiger partial charge in [-0.05, 0) is 18.9 Å². The molecular formula is C15H20N2O6. The van der Waals surface area contributed by atoms with E-state index in [0.717, 1.165) is 0 Å². The van der Waals surface area contributed by atoms with Gasteiger partial charge in [0.25, 0.3) is 5.91 Å². The first-order chi connectivity index (χ1) is 10.8. The molecule has 0 aliphatic heterocycles. The van der Waals surface area contributed by atoms with Crippen molar-refractivity contribution in [3.63, 3.8) is 0 Å². The fourth-order valence-electron chi connectivity index (χ4n) is 2.29. The number of hydrogen-bond donors (Lipinski definition) is 2. The fraction of sp³-hybridized carbons (Fsp3) is 0.467. The van der Waals surface area contributed by atoms with E-state index in [-0.39, 0.29) is 23.4 Å². The zero-order chi connectivity index (χ0) is 17.6. The van der Waals surface area contributed by atoms with Crippen molar-refractivity contribution in [1.29, 1.82) is 0 Å². The third-order valence-corrected chi connectivity index (χ3v) is 3.86. The minimum absolute atomic E-state index is 0.0283. The molecule has 2 N–H and O–H groups in total. The van der Waals surface area contributed by atoms with Gasteiger partial charge in [0.1, 0.15) is 0 Å². The van der Waals surface area contributed by atoms with Gasteiger partial charge in [-0.3, -0.25) is 19.7 Å². The van der Waals surface area contributed by atoms with Crippen molar-refractivity contribution in [1.82, 2.24) is 5.32 Å². The Hall–Kier alpha value is -2.64. The summed E-state index contributed by atoms with van der Waals surface area (Å²) in [6.07, 6.45) is 0.702. The Morgan fingerprint density at radius 2 is 1.96 bits per heavy atom. The molecule has 0 radical (unpaired) electrons. The van der Waals surface area contributed by atoms with Crippen LogP contribution in [0, 0.1) is 10.1 Å². The second kappa shape index (κ2) is 7.57. The maximum atomic E-state index is 12.4. The largest absolute Gasteiger partial charge is 0.490 e. The first kappa shape index (κ1) is 18.4. The van der Waals surface area contributed by atoms with Crippen LogP contribution >= 0.6 is 0 Å². The summed E-state index contributed by atoms with van der Waals surface area (Å²) in [5.74, 6) is -1.53. The molecule has 1 amide bonds. The van der Waals surface area contributed by atoms with E-state index in [4.69, 9.17) is 9.84 Å². The topological polar surface area (TPSA) is 119 Å². The van der Waals surface area contributed by atoms with E-state index in [2.05, 4.69) is 5.32 Å². The normalized spacial score (nSPS) is 10.9. The van der Waals surface area contributed by atoms with E-state index in [9.17, 15) is 19.7 Å². The minimum Gasteiger partial charge on any atom is -0.490 e. The molecule has 1 aromatic carbocycles.